The Morgan fingerprint density at radius 2 is 1.86 bits per heavy atom. The van der Waals surface area contributed by atoms with Crippen LogP contribution >= 0.6 is 23.2 Å². The fraction of sp³-hybridized carbons (Fsp3) is 0.381. The number of ether oxygens (including phenoxy) is 1. The third-order valence-electron chi connectivity index (χ3n) is 4.75. The first kappa shape index (κ1) is 20.9. The Hall–Kier alpha value is -1.82. The Labute approximate surface area is 174 Å². The van der Waals surface area contributed by atoms with Crippen molar-refractivity contribution in [3.8, 4) is 5.75 Å². The molecule has 1 saturated heterocycles. The van der Waals surface area contributed by atoms with Gasteiger partial charge >= 0.3 is 0 Å². The molecule has 0 atom stereocenters. The molecular formula is C21H23Cl2FN2O2. The number of benzene rings is 2. The predicted molar refractivity (Wildman–Crippen MR) is 109 cm³/mol. The second-order valence-electron chi connectivity index (χ2n) is 6.92. The predicted octanol–water partition coefficient (Wildman–Crippen LogP) is 4.68. The fourth-order valence-electron chi connectivity index (χ4n) is 3.23. The molecule has 0 spiro atoms. The van der Waals surface area contributed by atoms with E-state index in [-0.39, 0.29) is 30.0 Å². The molecule has 0 saturated carbocycles. The topological polar surface area (TPSA) is 41.6 Å². The van der Waals surface area contributed by atoms with E-state index in [2.05, 4.69) is 10.2 Å². The number of carbonyl (C=O) groups is 1. The third-order valence-corrected chi connectivity index (χ3v) is 5.30. The number of hydrogen-bond acceptors (Lipinski definition) is 3. The van der Waals surface area contributed by atoms with Crippen LogP contribution in [0.5, 0.6) is 5.75 Å². The van der Waals surface area contributed by atoms with E-state index in [0.717, 1.165) is 37.5 Å². The molecule has 0 unspecified atom stereocenters. The second kappa shape index (κ2) is 10.1. The molecule has 1 amide bonds. The normalized spacial score (nSPS) is 15.4. The van der Waals surface area contributed by atoms with Gasteiger partial charge < -0.3 is 10.1 Å². The third kappa shape index (κ3) is 6.36. The molecule has 1 heterocycles. The molecule has 0 aromatic heterocycles. The highest BCUT2D eigenvalue weighted by Crippen LogP contribution is 2.25. The lowest BCUT2D eigenvalue weighted by Gasteiger charge is -2.32. The van der Waals surface area contributed by atoms with Gasteiger partial charge in [0.05, 0.1) is 18.1 Å². The molecular weight excluding hydrogens is 402 g/mol. The number of nitrogens with one attached hydrogen (secondary N) is 1. The molecule has 2 aromatic rings. The Kier molecular flexibility index (Phi) is 7.54. The first-order chi connectivity index (χ1) is 13.5. The quantitative estimate of drug-likeness (QED) is 0.701. The summed E-state index contributed by atoms with van der Waals surface area (Å²) >= 11 is 11.8. The largest absolute Gasteiger partial charge is 0.491 e. The zero-order valence-electron chi connectivity index (χ0n) is 15.5. The monoisotopic (exact) mass is 424 g/mol. The molecule has 7 heteroatoms. The van der Waals surface area contributed by atoms with E-state index in [1.165, 1.54) is 23.8 Å². The summed E-state index contributed by atoms with van der Waals surface area (Å²) in [5.74, 6) is -0.0849. The lowest BCUT2D eigenvalue weighted by Crippen LogP contribution is -2.44. The lowest BCUT2D eigenvalue weighted by atomic mass is 10.0. The number of halogens is 3. The summed E-state index contributed by atoms with van der Waals surface area (Å²) < 4.78 is 18.5. The summed E-state index contributed by atoms with van der Waals surface area (Å²) in [5, 5.41) is 4.01. The van der Waals surface area contributed by atoms with Gasteiger partial charge in [0.1, 0.15) is 11.6 Å². The summed E-state index contributed by atoms with van der Waals surface area (Å²) in [6.45, 7) is 2.97. The van der Waals surface area contributed by atoms with Gasteiger partial charge in [-0.2, -0.15) is 0 Å². The second-order valence-corrected chi connectivity index (χ2v) is 7.76. The molecule has 0 radical (unpaired) electrons. The minimum atomic E-state index is -0.419. The van der Waals surface area contributed by atoms with Gasteiger partial charge in [-0.3, -0.25) is 9.69 Å². The maximum absolute atomic E-state index is 13.0. The number of piperidine rings is 1. The van der Waals surface area contributed by atoms with Crippen LogP contribution in [0.25, 0.3) is 0 Å². The number of nitrogens with zero attached hydrogens (tertiary/aromatic N) is 1. The van der Waals surface area contributed by atoms with Crippen LogP contribution in [0, 0.1) is 5.82 Å². The number of likely N-dealkylation sites (tertiary alicyclic amines) is 1. The Bertz CT molecular complexity index is 793. The van der Waals surface area contributed by atoms with Gasteiger partial charge in [0.2, 0.25) is 5.91 Å². The average molecular weight is 425 g/mol. The minimum absolute atomic E-state index is 0.0469. The van der Waals surface area contributed by atoms with Crippen LogP contribution in [0.1, 0.15) is 24.8 Å². The van der Waals surface area contributed by atoms with Crippen molar-refractivity contribution < 1.29 is 13.9 Å². The standard InChI is InChI=1S/C21H23Cl2FN2O2/c22-16-3-1-15(2-4-16)14-26-10-7-18(8-11-26)25-21(27)9-12-28-20-6-5-17(24)13-19(20)23/h1-6,13,18H,7-12,14H2,(H,25,27). The van der Waals surface area contributed by atoms with Crippen LogP contribution in [-0.2, 0) is 11.3 Å². The molecule has 0 aliphatic carbocycles. The van der Waals surface area contributed by atoms with Crippen LogP contribution in [0.15, 0.2) is 42.5 Å². The van der Waals surface area contributed by atoms with Crippen LogP contribution in [-0.4, -0.2) is 36.5 Å². The number of hydrogen-bond donors (Lipinski definition) is 1. The van der Waals surface area contributed by atoms with E-state index < -0.39 is 5.82 Å². The van der Waals surface area contributed by atoms with Gasteiger partial charge in [0.25, 0.3) is 0 Å². The van der Waals surface area contributed by atoms with E-state index >= 15 is 0 Å². The smallest absolute Gasteiger partial charge is 0.223 e. The SMILES string of the molecule is O=C(CCOc1ccc(F)cc1Cl)NC1CCN(Cc2ccc(Cl)cc2)CC1. The van der Waals surface area contributed by atoms with Gasteiger partial charge in [0, 0.05) is 30.7 Å². The number of amides is 1. The molecule has 1 N–H and O–H groups in total. The van der Waals surface area contributed by atoms with Gasteiger partial charge in [-0.05, 0) is 48.7 Å². The highest BCUT2D eigenvalue weighted by Gasteiger charge is 2.20. The van der Waals surface area contributed by atoms with E-state index in [4.69, 9.17) is 27.9 Å². The molecule has 2 aromatic carbocycles. The molecule has 28 heavy (non-hydrogen) atoms. The van der Waals surface area contributed by atoms with E-state index in [9.17, 15) is 9.18 Å². The zero-order valence-corrected chi connectivity index (χ0v) is 17.0. The molecule has 150 valence electrons. The Morgan fingerprint density at radius 3 is 2.54 bits per heavy atom. The minimum Gasteiger partial charge on any atom is -0.491 e. The van der Waals surface area contributed by atoms with Gasteiger partial charge in [-0.15, -0.1) is 0 Å². The van der Waals surface area contributed by atoms with Crippen molar-refractivity contribution in [2.75, 3.05) is 19.7 Å². The Morgan fingerprint density at radius 1 is 1.14 bits per heavy atom. The van der Waals surface area contributed by atoms with E-state index in [0.29, 0.717) is 5.75 Å². The maximum atomic E-state index is 13.0. The summed E-state index contributed by atoms with van der Waals surface area (Å²) in [5.41, 5.74) is 1.24. The van der Waals surface area contributed by atoms with Crippen molar-refractivity contribution in [2.24, 2.45) is 0 Å². The van der Waals surface area contributed by atoms with Crippen LogP contribution < -0.4 is 10.1 Å². The van der Waals surface area contributed by atoms with Crippen molar-refractivity contribution >= 4 is 29.1 Å². The number of rotatable bonds is 7. The van der Waals surface area contributed by atoms with Crippen molar-refractivity contribution in [3.63, 3.8) is 0 Å². The molecule has 0 bridgehead atoms. The first-order valence-corrected chi connectivity index (χ1v) is 10.1. The molecule has 1 aliphatic rings. The average Bonchev–Trinajstić information content (AvgIpc) is 2.67. The first-order valence-electron chi connectivity index (χ1n) is 9.33. The summed E-state index contributed by atoms with van der Waals surface area (Å²) in [7, 11) is 0. The summed E-state index contributed by atoms with van der Waals surface area (Å²) in [6, 6.07) is 12.0. The van der Waals surface area contributed by atoms with Gasteiger partial charge in [-0.25, -0.2) is 4.39 Å². The van der Waals surface area contributed by atoms with E-state index in [1.54, 1.807) is 0 Å². The van der Waals surface area contributed by atoms with Crippen LogP contribution in [0.2, 0.25) is 10.0 Å². The Balaban J connectivity index is 1.34. The van der Waals surface area contributed by atoms with Crippen molar-refractivity contribution in [3.05, 3.63) is 63.9 Å². The zero-order chi connectivity index (χ0) is 19.9. The highest BCUT2D eigenvalue weighted by molar-refractivity contribution is 6.32. The fourth-order valence-corrected chi connectivity index (χ4v) is 3.58. The maximum Gasteiger partial charge on any atom is 0.223 e. The lowest BCUT2D eigenvalue weighted by molar-refractivity contribution is -0.122. The summed E-state index contributed by atoms with van der Waals surface area (Å²) in [4.78, 5) is 14.5. The van der Waals surface area contributed by atoms with E-state index in [1.807, 2.05) is 24.3 Å². The number of carbonyl (C=O) groups excluding carboxylic acids is 1. The van der Waals surface area contributed by atoms with Crippen molar-refractivity contribution in [1.82, 2.24) is 10.2 Å². The van der Waals surface area contributed by atoms with Crippen LogP contribution in [0.4, 0.5) is 4.39 Å². The van der Waals surface area contributed by atoms with Crippen molar-refractivity contribution in [2.45, 2.75) is 31.8 Å². The van der Waals surface area contributed by atoms with Crippen molar-refractivity contribution in [1.29, 1.82) is 0 Å². The van der Waals surface area contributed by atoms with Gasteiger partial charge in [0.15, 0.2) is 0 Å². The molecule has 1 fully saturated rings. The van der Waals surface area contributed by atoms with Gasteiger partial charge in [-0.1, -0.05) is 35.3 Å². The molecule has 1 aliphatic heterocycles. The molecule has 3 rings (SSSR count). The van der Waals surface area contributed by atoms with Crippen LogP contribution in [0.3, 0.4) is 0 Å². The summed E-state index contributed by atoms with van der Waals surface area (Å²) in [6.07, 6.45) is 2.08. The highest BCUT2D eigenvalue weighted by atomic mass is 35.5. The molecule has 4 nitrogen and oxygen atoms in total.